The number of aromatic nitrogens is 1. The lowest BCUT2D eigenvalue weighted by Gasteiger charge is -2.11. The molecular weight excluding hydrogens is 401 g/mol. The Balaban J connectivity index is 1.59. The van der Waals surface area contributed by atoms with Crippen molar-refractivity contribution in [1.82, 2.24) is 10.3 Å². The third kappa shape index (κ3) is 4.36. The van der Waals surface area contributed by atoms with Crippen LogP contribution < -0.4 is 10.6 Å². The number of thiazole rings is 1. The van der Waals surface area contributed by atoms with Gasteiger partial charge in [0.05, 0.1) is 10.2 Å². The van der Waals surface area contributed by atoms with Crippen LogP contribution in [0.3, 0.4) is 0 Å². The number of nitrogens with one attached hydrogen (secondary N) is 2. The van der Waals surface area contributed by atoms with E-state index in [-0.39, 0.29) is 17.6 Å². The van der Waals surface area contributed by atoms with Gasteiger partial charge >= 0.3 is 0 Å². The van der Waals surface area contributed by atoms with E-state index >= 15 is 0 Å². The average Bonchev–Trinajstić information content (AvgIpc) is 3.13. The molecule has 0 atom stereocenters. The number of halogens is 1. The molecule has 7 heteroatoms. The number of carbonyl (C=O) groups is 2. The number of hydrogen-bond donors (Lipinski definition) is 2. The van der Waals surface area contributed by atoms with E-state index < -0.39 is 0 Å². The summed E-state index contributed by atoms with van der Waals surface area (Å²) >= 11 is 1.40. The van der Waals surface area contributed by atoms with Gasteiger partial charge in [0, 0.05) is 19.0 Å². The van der Waals surface area contributed by atoms with Gasteiger partial charge in [-0.3, -0.25) is 9.59 Å². The summed E-state index contributed by atoms with van der Waals surface area (Å²) in [6.45, 7) is 1.75. The molecule has 0 bridgehead atoms. The summed E-state index contributed by atoms with van der Waals surface area (Å²) in [5.41, 5.74) is 3.75. The second-order valence-electron chi connectivity index (χ2n) is 6.74. The number of benzene rings is 3. The summed E-state index contributed by atoms with van der Waals surface area (Å²) in [7, 11) is 0. The van der Waals surface area contributed by atoms with Crippen LogP contribution in [0.15, 0.2) is 66.7 Å². The second kappa shape index (κ2) is 8.42. The van der Waals surface area contributed by atoms with Crippen LogP contribution in [0, 0.1) is 5.82 Å². The SMILES string of the molecule is CC(=O)Nc1nc2cc(-c3ccccc3C(=O)NCc3ccc(F)cc3)ccc2s1. The van der Waals surface area contributed by atoms with Crippen molar-refractivity contribution >= 4 is 38.5 Å². The minimum atomic E-state index is -0.311. The van der Waals surface area contributed by atoms with E-state index in [0.29, 0.717) is 17.2 Å². The zero-order chi connectivity index (χ0) is 21.1. The molecule has 150 valence electrons. The van der Waals surface area contributed by atoms with Crippen molar-refractivity contribution in [3.63, 3.8) is 0 Å². The van der Waals surface area contributed by atoms with Crippen molar-refractivity contribution < 1.29 is 14.0 Å². The molecule has 0 aliphatic heterocycles. The maximum absolute atomic E-state index is 13.1. The zero-order valence-corrected chi connectivity index (χ0v) is 16.9. The van der Waals surface area contributed by atoms with Gasteiger partial charge in [-0.05, 0) is 47.0 Å². The van der Waals surface area contributed by atoms with Gasteiger partial charge in [-0.2, -0.15) is 0 Å². The van der Waals surface area contributed by atoms with Gasteiger partial charge in [0.15, 0.2) is 5.13 Å². The number of anilines is 1. The van der Waals surface area contributed by atoms with Gasteiger partial charge in [0.25, 0.3) is 5.91 Å². The van der Waals surface area contributed by atoms with E-state index in [0.717, 1.165) is 26.9 Å². The molecule has 0 fully saturated rings. The summed E-state index contributed by atoms with van der Waals surface area (Å²) in [6, 6.07) is 19.1. The standard InChI is InChI=1S/C23H18FN3O2S/c1-14(28)26-23-27-20-12-16(8-11-21(20)30-23)18-4-2-3-5-19(18)22(29)25-13-15-6-9-17(24)10-7-15/h2-12H,13H2,1H3,(H,25,29)(H,26,27,28). The highest BCUT2D eigenvalue weighted by atomic mass is 32.1. The molecule has 4 rings (SSSR count). The number of hydrogen-bond acceptors (Lipinski definition) is 4. The third-order valence-corrected chi connectivity index (χ3v) is 5.47. The lowest BCUT2D eigenvalue weighted by Crippen LogP contribution is -2.23. The Morgan fingerprint density at radius 1 is 1.03 bits per heavy atom. The van der Waals surface area contributed by atoms with Crippen molar-refractivity contribution in [2.24, 2.45) is 0 Å². The average molecular weight is 419 g/mol. The Labute approximate surface area is 176 Å². The lowest BCUT2D eigenvalue weighted by atomic mass is 9.99. The molecule has 1 aromatic heterocycles. The molecule has 0 saturated carbocycles. The number of nitrogens with zero attached hydrogens (tertiary/aromatic N) is 1. The van der Waals surface area contributed by atoms with E-state index in [2.05, 4.69) is 15.6 Å². The highest BCUT2D eigenvalue weighted by molar-refractivity contribution is 7.22. The Kier molecular flexibility index (Phi) is 5.54. The fourth-order valence-electron chi connectivity index (χ4n) is 3.11. The van der Waals surface area contributed by atoms with Crippen LogP contribution in [0.4, 0.5) is 9.52 Å². The van der Waals surface area contributed by atoms with Crippen LogP contribution in [0.1, 0.15) is 22.8 Å². The van der Waals surface area contributed by atoms with E-state index in [9.17, 15) is 14.0 Å². The van der Waals surface area contributed by atoms with Crippen LogP contribution in [-0.2, 0) is 11.3 Å². The third-order valence-electron chi connectivity index (χ3n) is 4.52. The Morgan fingerprint density at radius 2 is 1.80 bits per heavy atom. The zero-order valence-electron chi connectivity index (χ0n) is 16.1. The highest BCUT2D eigenvalue weighted by Gasteiger charge is 2.14. The van der Waals surface area contributed by atoms with Crippen molar-refractivity contribution in [3.8, 4) is 11.1 Å². The molecule has 0 aliphatic rings. The van der Waals surface area contributed by atoms with E-state index in [1.165, 1.54) is 30.4 Å². The molecule has 2 N–H and O–H groups in total. The largest absolute Gasteiger partial charge is 0.348 e. The molecular formula is C23H18FN3O2S. The van der Waals surface area contributed by atoms with Crippen LogP contribution >= 0.6 is 11.3 Å². The molecule has 0 aliphatic carbocycles. The van der Waals surface area contributed by atoms with E-state index in [1.807, 2.05) is 36.4 Å². The minimum Gasteiger partial charge on any atom is -0.348 e. The number of fused-ring (bicyclic) bond motifs is 1. The summed E-state index contributed by atoms with van der Waals surface area (Å²) in [4.78, 5) is 28.5. The normalized spacial score (nSPS) is 10.7. The van der Waals surface area contributed by atoms with Crippen LogP contribution in [-0.4, -0.2) is 16.8 Å². The summed E-state index contributed by atoms with van der Waals surface area (Å²) in [6.07, 6.45) is 0. The summed E-state index contributed by atoms with van der Waals surface area (Å²) < 4.78 is 14.0. The van der Waals surface area contributed by atoms with Crippen LogP contribution in [0.25, 0.3) is 21.3 Å². The second-order valence-corrected chi connectivity index (χ2v) is 7.77. The molecule has 0 spiro atoms. The number of carbonyl (C=O) groups excluding carboxylic acids is 2. The molecule has 30 heavy (non-hydrogen) atoms. The highest BCUT2D eigenvalue weighted by Crippen LogP contribution is 2.31. The first-order valence-electron chi connectivity index (χ1n) is 9.30. The fourth-order valence-corrected chi connectivity index (χ4v) is 4.00. The quantitative estimate of drug-likeness (QED) is 0.479. The smallest absolute Gasteiger partial charge is 0.252 e. The van der Waals surface area contributed by atoms with Gasteiger partial charge in [0.2, 0.25) is 5.91 Å². The first kappa shape index (κ1) is 19.7. The first-order chi connectivity index (χ1) is 14.5. The fraction of sp³-hybridized carbons (Fsp3) is 0.0870. The maximum atomic E-state index is 13.1. The molecule has 2 amide bonds. The van der Waals surface area contributed by atoms with Crippen molar-refractivity contribution in [1.29, 1.82) is 0 Å². The van der Waals surface area contributed by atoms with Gasteiger partial charge in [-0.1, -0.05) is 47.7 Å². The summed E-state index contributed by atoms with van der Waals surface area (Å²) in [5.74, 6) is -0.695. The molecule has 0 saturated heterocycles. The predicted molar refractivity (Wildman–Crippen MR) is 117 cm³/mol. The Bertz CT molecular complexity index is 1230. The van der Waals surface area contributed by atoms with E-state index in [4.69, 9.17) is 0 Å². The molecule has 3 aromatic carbocycles. The minimum absolute atomic E-state index is 0.169. The Morgan fingerprint density at radius 3 is 2.57 bits per heavy atom. The molecule has 0 radical (unpaired) electrons. The Hall–Kier alpha value is -3.58. The van der Waals surface area contributed by atoms with Crippen LogP contribution in [0.2, 0.25) is 0 Å². The number of amides is 2. The van der Waals surface area contributed by atoms with Crippen molar-refractivity contribution in [3.05, 3.63) is 83.7 Å². The van der Waals surface area contributed by atoms with Crippen molar-refractivity contribution in [2.75, 3.05) is 5.32 Å². The summed E-state index contributed by atoms with van der Waals surface area (Å²) in [5, 5.41) is 6.13. The molecule has 5 nitrogen and oxygen atoms in total. The van der Waals surface area contributed by atoms with E-state index in [1.54, 1.807) is 18.2 Å². The van der Waals surface area contributed by atoms with Gasteiger partial charge in [-0.15, -0.1) is 0 Å². The van der Waals surface area contributed by atoms with Gasteiger partial charge in [-0.25, -0.2) is 9.37 Å². The monoisotopic (exact) mass is 419 g/mol. The first-order valence-corrected chi connectivity index (χ1v) is 10.1. The topological polar surface area (TPSA) is 71.1 Å². The van der Waals surface area contributed by atoms with Gasteiger partial charge < -0.3 is 10.6 Å². The lowest BCUT2D eigenvalue weighted by molar-refractivity contribution is -0.114. The van der Waals surface area contributed by atoms with Crippen LogP contribution in [0.5, 0.6) is 0 Å². The molecule has 0 unspecified atom stereocenters. The number of rotatable bonds is 5. The molecule has 1 heterocycles. The maximum Gasteiger partial charge on any atom is 0.252 e. The van der Waals surface area contributed by atoms with Gasteiger partial charge in [0.1, 0.15) is 5.82 Å². The molecule has 4 aromatic rings. The van der Waals surface area contributed by atoms with Crippen molar-refractivity contribution in [2.45, 2.75) is 13.5 Å². The predicted octanol–water partition coefficient (Wildman–Crippen LogP) is 4.99.